The summed E-state index contributed by atoms with van der Waals surface area (Å²) in [6, 6.07) is 8.06. The van der Waals surface area contributed by atoms with Gasteiger partial charge in [0.1, 0.15) is 0 Å². The Bertz CT molecular complexity index is 628. The van der Waals surface area contributed by atoms with Crippen LogP contribution >= 0.6 is 0 Å². The van der Waals surface area contributed by atoms with Crippen LogP contribution in [0.25, 0.3) is 0 Å². The summed E-state index contributed by atoms with van der Waals surface area (Å²) in [5, 5.41) is 2.99. The molecule has 0 saturated carbocycles. The smallest absolute Gasteiger partial charge is 0.251 e. The summed E-state index contributed by atoms with van der Waals surface area (Å²) in [5.41, 5.74) is 2.03. The van der Waals surface area contributed by atoms with Gasteiger partial charge in [0.05, 0.1) is 6.33 Å². The molecule has 1 aromatic heterocycles. The van der Waals surface area contributed by atoms with Gasteiger partial charge < -0.3 is 9.88 Å². The second kappa shape index (κ2) is 9.37. The molecule has 5 nitrogen and oxygen atoms in total. The van der Waals surface area contributed by atoms with E-state index in [-0.39, 0.29) is 5.91 Å². The predicted octanol–water partition coefficient (Wildman–Crippen LogP) is 3.08. The van der Waals surface area contributed by atoms with E-state index in [1.807, 2.05) is 22.9 Å². The predicted molar refractivity (Wildman–Crippen MR) is 99.4 cm³/mol. The van der Waals surface area contributed by atoms with Gasteiger partial charge in [0.15, 0.2) is 0 Å². The van der Waals surface area contributed by atoms with Gasteiger partial charge in [-0.1, -0.05) is 25.0 Å². The molecule has 0 unspecified atom stereocenters. The third-order valence-corrected chi connectivity index (χ3v) is 4.76. The van der Waals surface area contributed by atoms with Gasteiger partial charge in [-0.2, -0.15) is 0 Å². The average molecular weight is 340 g/mol. The van der Waals surface area contributed by atoms with Crippen LogP contribution in [0, 0.1) is 0 Å². The van der Waals surface area contributed by atoms with Gasteiger partial charge in [-0.25, -0.2) is 4.98 Å². The number of carbonyl (C=O) groups excluding carboxylic acids is 1. The Morgan fingerprint density at radius 1 is 1.08 bits per heavy atom. The van der Waals surface area contributed by atoms with E-state index in [1.165, 1.54) is 44.3 Å². The monoisotopic (exact) mass is 340 g/mol. The van der Waals surface area contributed by atoms with Crippen molar-refractivity contribution in [1.29, 1.82) is 0 Å². The van der Waals surface area contributed by atoms with E-state index < -0.39 is 0 Å². The minimum Gasteiger partial charge on any atom is -0.352 e. The molecular weight excluding hydrogens is 312 g/mol. The Balaban J connectivity index is 1.42. The van der Waals surface area contributed by atoms with E-state index in [2.05, 4.69) is 27.3 Å². The van der Waals surface area contributed by atoms with E-state index >= 15 is 0 Å². The van der Waals surface area contributed by atoms with Crippen LogP contribution in [-0.2, 0) is 13.1 Å². The van der Waals surface area contributed by atoms with Crippen molar-refractivity contribution in [1.82, 2.24) is 19.8 Å². The molecule has 134 valence electrons. The van der Waals surface area contributed by atoms with Gasteiger partial charge >= 0.3 is 0 Å². The molecule has 1 fully saturated rings. The largest absolute Gasteiger partial charge is 0.352 e. The van der Waals surface area contributed by atoms with Crippen LogP contribution in [0.3, 0.4) is 0 Å². The maximum atomic E-state index is 12.2. The fourth-order valence-corrected chi connectivity index (χ4v) is 3.30. The van der Waals surface area contributed by atoms with Crippen molar-refractivity contribution in [3.05, 3.63) is 54.1 Å². The van der Waals surface area contributed by atoms with Crippen LogP contribution in [0.2, 0.25) is 0 Å². The van der Waals surface area contributed by atoms with Gasteiger partial charge in [-0.05, 0) is 50.0 Å². The minimum absolute atomic E-state index is 0.00644. The number of aromatic nitrogens is 2. The molecule has 3 rings (SSSR count). The van der Waals surface area contributed by atoms with E-state index in [0.29, 0.717) is 6.54 Å². The number of imidazole rings is 1. The van der Waals surface area contributed by atoms with Crippen molar-refractivity contribution in [2.45, 2.75) is 45.2 Å². The second-order valence-electron chi connectivity index (χ2n) is 6.80. The standard InChI is InChI=1S/C20H28N4O/c25-20(22-10-5-14-24-15-11-21-17-24)19-8-6-18(7-9-19)16-23-12-3-1-2-4-13-23/h6-9,11,15,17H,1-5,10,12-14,16H2,(H,22,25). The first-order valence-electron chi connectivity index (χ1n) is 9.36. The van der Waals surface area contributed by atoms with Crippen molar-refractivity contribution in [3.8, 4) is 0 Å². The summed E-state index contributed by atoms with van der Waals surface area (Å²) in [7, 11) is 0. The summed E-state index contributed by atoms with van der Waals surface area (Å²) < 4.78 is 2.02. The summed E-state index contributed by atoms with van der Waals surface area (Å²) >= 11 is 0. The minimum atomic E-state index is 0.00644. The summed E-state index contributed by atoms with van der Waals surface area (Å²) in [6.07, 6.45) is 11.7. The number of likely N-dealkylation sites (tertiary alicyclic amines) is 1. The molecule has 1 saturated heterocycles. The molecule has 2 aromatic rings. The van der Waals surface area contributed by atoms with Crippen LogP contribution in [0.5, 0.6) is 0 Å². The third kappa shape index (κ3) is 5.71. The highest BCUT2D eigenvalue weighted by atomic mass is 16.1. The number of nitrogens with one attached hydrogen (secondary N) is 1. The third-order valence-electron chi connectivity index (χ3n) is 4.76. The number of hydrogen-bond donors (Lipinski definition) is 1. The first-order valence-corrected chi connectivity index (χ1v) is 9.36. The lowest BCUT2D eigenvalue weighted by molar-refractivity contribution is 0.0952. The van der Waals surface area contributed by atoms with E-state index in [9.17, 15) is 4.79 Å². The van der Waals surface area contributed by atoms with Gasteiger partial charge in [0.2, 0.25) is 0 Å². The Labute approximate surface area is 150 Å². The van der Waals surface area contributed by atoms with Crippen molar-refractivity contribution in [3.63, 3.8) is 0 Å². The second-order valence-corrected chi connectivity index (χ2v) is 6.80. The van der Waals surface area contributed by atoms with E-state index in [0.717, 1.165) is 25.1 Å². The first kappa shape index (κ1) is 17.7. The topological polar surface area (TPSA) is 50.2 Å². The molecule has 1 amide bonds. The molecule has 0 atom stereocenters. The molecule has 1 aliphatic heterocycles. The maximum absolute atomic E-state index is 12.2. The van der Waals surface area contributed by atoms with Crippen LogP contribution < -0.4 is 5.32 Å². The normalized spacial score (nSPS) is 15.7. The average Bonchev–Trinajstić information content (AvgIpc) is 3.02. The zero-order valence-corrected chi connectivity index (χ0v) is 14.9. The number of nitrogens with zero attached hydrogens (tertiary/aromatic N) is 3. The Morgan fingerprint density at radius 3 is 2.52 bits per heavy atom. The lowest BCUT2D eigenvalue weighted by atomic mass is 10.1. The molecule has 0 spiro atoms. The lowest BCUT2D eigenvalue weighted by Crippen LogP contribution is -2.25. The van der Waals surface area contributed by atoms with E-state index in [1.54, 1.807) is 12.5 Å². The summed E-state index contributed by atoms with van der Waals surface area (Å²) in [6.45, 7) is 4.92. The molecule has 0 aliphatic carbocycles. The van der Waals surface area contributed by atoms with Crippen LogP contribution in [-0.4, -0.2) is 40.0 Å². The molecule has 0 bridgehead atoms. The van der Waals surface area contributed by atoms with Gasteiger partial charge in [0, 0.05) is 37.6 Å². The van der Waals surface area contributed by atoms with Gasteiger partial charge in [-0.15, -0.1) is 0 Å². The van der Waals surface area contributed by atoms with Crippen LogP contribution in [0.1, 0.15) is 48.0 Å². The fraction of sp³-hybridized carbons (Fsp3) is 0.500. The van der Waals surface area contributed by atoms with Crippen LogP contribution in [0.15, 0.2) is 43.0 Å². The number of benzene rings is 1. The molecule has 0 radical (unpaired) electrons. The Kier molecular flexibility index (Phi) is 6.63. The number of amides is 1. The zero-order valence-electron chi connectivity index (χ0n) is 14.9. The Hall–Kier alpha value is -2.14. The van der Waals surface area contributed by atoms with Crippen LogP contribution in [0.4, 0.5) is 0 Å². The molecule has 2 heterocycles. The molecule has 5 heteroatoms. The number of hydrogen-bond acceptors (Lipinski definition) is 3. The van der Waals surface area contributed by atoms with Crippen molar-refractivity contribution < 1.29 is 4.79 Å². The lowest BCUT2D eigenvalue weighted by Gasteiger charge is -2.19. The van der Waals surface area contributed by atoms with Crippen molar-refractivity contribution >= 4 is 5.91 Å². The SMILES string of the molecule is O=C(NCCCn1ccnc1)c1ccc(CN2CCCCCC2)cc1. The number of carbonyl (C=O) groups is 1. The molecule has 25 heavy (non-hydrogen) atoms. The fourth-order valence-electron chi connectivity index (χ4n) is 3.30. The summed E-state index contributed by atoms with van der Waals surface area (Å²) in [5.74, 6) is 0.00644. The van der Waals surface area contributed by atoms with Gasteiger partial charge in [0.25, 0.3) is 5.91 Å². The highest BCUT2D eigenvalue weighted by Crippen LogP contribution is 2.14. The first-order chi connectivity index (χ1) is 12.3. The van der Waals surface area contributed by atoms with E-state index in [4.69, 9.17) is 0 Å². The molecular formula is C20H28N4O. The molecule has 1 aliphatic rings. The van der Waals surface area contributed by atoms with Crippen molar-refractivity contribution in [2.24, 2.45) is 0 Å². The van der Waals surface area contributed by atoms with Crippen molar-refractivity contribution in [2.75, 3.05) is 19.6 Å². The van der Waals surface area contributed by atoms with Gasteiger partial charge in [-0.3, -0.25) is 9.69 Å². The number of aryl methyl sites for hydroxylation is 1. The molecule has 1 N–H and O–H groups in total. The quantitative estimate of drug-likeness (QED) is 0.788. The highest BCUT2D eigenvalue weighted by Gasteiger charge is 2.10. The maximum Gasteiger partial charge on any atom is 0.251 e. The zero-order chi connectivity index (χ0) is 17.3. The Morgan fingerprint density at radius 2 is 1.84 bits per heavy atom. The molecule has 1 aromatic carbocycles. The number of rotatable bonds is 7. The summed E-state index contributed by atoms with van der Waals surface area (Å²) in [4.78, 5) is 18.7. The highest BCUT2D eigenvalue weighted by molar-refractivity contribution is 5.94.